The number of aliphatic hydroxyl groups excluding tert-OH is 6. The molecule has 7 N–H and O–H groups in total. The van der Waals surface area contributed by atoms with Crippen molar-refractivity contribution in [2.24, 2.45) is 40.4 Å². The molecule has 4 heterocycles. The van der Waals surface area contributed by atoms with E-state index in [-0.39, 0.29) is 40.8 Å². The van der Waals surface area contributed by atoms with Crippen molar-refractivity contribution in [1.82, 2.24) is 0 Å². The minimum Gasteiger partial charge on any atom is -0.394 e. The molecule has 1 spiro atoms. The largest absolute Gasteiger partial charge is 0.394 e. The molecule has 7 fully saturated rings. The maximum atomic E-state index is 12.9. The van der Waals surface area contributed by atoms with Gasteiger partial charge in [-0.3, -0.25) is 0 Å². The molecule has 4 aliphatic heterocycles. The topological polar surface area (TPSA) is 197 Å². The van der Waals surface area contributed by atoms with Gasteiger partial charge in [0.25, 0.3) is 0 Å². The summed E-state index contributed by atoms with van der Waals surface area (Å²) in [7, 11) is 0. The zero-order valence-electron chi connectivity index (χ0n) is 31.3. The lowest BCUT2D eigenvalue weighted by molar-refractivity contribution is -0.369. The Balaban J connectivity index is 0.982. The molecule has 4 aliphatic carbocycles. The van der Waals surface area contributed by atoms with Crippen LogP contribution in [0.1, 0.15) is 92.4 Å². The molecule has 0 aromatic heterocycles. The van der Waals surface area contributed by atoms with Crippen molar-refractivity contribution in [1.29, 1.82) is 0 Å². The predicted molar refractivity (Wildman–Crippen MR) is 183 cm³/mol. The molecular weight excluding hydrogens is 676 g/mol. The van der Waals surface area contributed by atoms with E-state index in [1.807, 2.05) is 0 Å². The molecule has 13 heteroatoms. The fourth-order valence-corrected chi connectivity index (χ4v) is 12.5. The summed E-state index contributed by atoms with van der Waals surface area (Å²) in [6.07, 6.45) is -4.13. The van der Waals surface area contributed by atoms with Gasteiger partial charge in [0, 0.05) is 30.1 Å². The van der Waals surface area contributed by atoms with E-state index in [4.69, 9.17) is 28.4 Å². The monoisotopic (exact) mass is 738 g/mol. The fourth-order valence-electron chi connectivity index (χ4n) is 12.5. The van der Waals surface area contributed by atoms with Crippen LogP contribution in [0.5, 0.6) is 0 Å². The number of fused-ring (bicyclic) bond motifs is 7. The average Bonchev–Trinajstić information content (AvgIpc) is 3.51. The molecule has 0 radical (unpaired) electrons. The first-order valence-corrected chi connectivity index (χ1v) is 19.9. The van der Waals surface area contributed by atoms with Crippen LogP contribution >= 0.6 is 0 Å². The molecule has 52 heavy (non-hydrogen) atoms. The van der Waals surface area contributed by atoms with E-state index >= 15 is 0 Å². The quantitative estimate of drug-likeness (QED) is 0.201. The van der Waals surface area contributed by atoms with E-state index in [1.54, 1.807) is 0 Å². The maximum absolute atomic E-state index is 12.9. The smallest absolute Gasteiger partial charge is 0.187 e. The van der Waals surface area contributed by atoms with Crippen LogP contribution in [-0.4, -0.2) is 134 Å². The molecule has 0 aromatic carbocycles. The van der Waals surface area contributed by atoms with Crippen molar-refractivity contribution in [3.63, 3.8) is 0 Å². The molecule has 0 amide bonds. The van der Waals surface area contributed by atoms with Crippen molar-refractivity contribution in [2.45, 2.75) is 177 Å². The fraction of sp³-hybridized carbons (Fsp3) is 0.949. The van der Waals surface area contributed by atoms with Crippen LogP contribution in [0.25, 0.3) is 0 Å². The second-order valence-corrected chi connectivity index (χ2v) is 18.4. The number of ether oxygens (including phenoxy) is 6. The normalized spacial score (nSPS) is 58.9. The third-order valence-electron chi connectivity index (χ3n) is 15.7. The Morgan fingerprint density at radius 2 is 1.60 bits per heavy atom. The third kappa shape index (κ3) is 5.58. The second-order valence-electron chi connectivity index (χ2n) is 18.4. The van der Waals surface area contributed by atoms with E-state index < -0.39 is 79.4 Å². The first kappa shape index (κ1) is 38.1. The van der Waals surface area contributed by atoms with E-state index in [9.17, 15) is 35.7 Å². The lowest BCUT2D eigenvalue weighted by Gasteiger charge is -2.62. The zero-order chi connectivity index (χ0) is 37.1. The summed E-state index contributed by atoms with van der Waals surface area (Å²) in [5.41, 5.74) is 0.0478. The van der Waals surface area contributed by atoms with E-state index in [2.05, 4.69) is 33.8 Å². The highest BCUT2D eigenvalue weighted by Gasteiger charge is 2.74. The number of hydrogen-bond acceptors (Lipinski definition) is 13. The Kier molecular flexibility index (Phi) is 9.83. The molecule has 296 valence electrons. The van der Waals surface area contributed by atoms with Gasteiger partial charge in [0.1, 0.15) is 42.7 Å². The van der Waals surface area contributed by atoms with E-state index in [1.165, 1.54) is 12.5 Å². The lowest BCUT2D eigenvalue weighted by Crippen LogP contribution is -2.64. The summed E-state index contributed by atoms with van der Waals surface area (Å²) in [6.45, 7) is 10.9. The van der Waals surface area contributed by atoms with E-state index in [0.29, 0.717) is 31.1 Å². The second kappa shape index (κ2) is 13.4. The van der Waals surface area contributed by atoms with Gasteiger partial charge in [0.05, 0.1) is 37.1 Å². The Hall–Kier alpha value is -0.780. The average molecular weight is 739 g/mol. The van der Waals surface area contributed by atoms with Gasteiger partial charge < -0.3 is 64.2 Å². The van der Waals surface area contributed by atoms with Crippen LogP contribution in [-0.2, 0) is 28.4 Å². The molecule has 0 aromatic rings. The summed E-state index contributed by atoms with van der Waals surface area (Å²) in [5.74, 6) is 0.876. The van der Waals surface area contributed by atoms with Crippen LogP contribution in [0.15, 0.2) is 11.6 Å². The zero-order valence-corrected chi connectivity index (χ0v) is 31.3. The van der Waals surface area contributed by atoms with Crippen LogP contribution in [0.3, 0.4) is 0 Å². The molecule has 8 aliphatic rings. The molecule has 0 unspecified atom stereocenters. The third-order valence-corrected chi connectivity index (χ3v) is 15.7. The molecular formula is C39H62O13. The summed E-state index contributed by atoms with van der Waals surface area (Å²) in [4.78, 5) is 0. The molecule has 0 bridgehead atoms. The van der Waals surface area contributed by atoms with Gasteiger partial charge in [-0.1, -0.05) is 39.3 Å². The number of hydrogen-bond donors (Lipinski definition) is 7. The van der Waals surface area contributed by atoms with Gasteiger partial charge in [-0.2, -0.15) is 0 Å². The highest BCUT2D eigenvalue weighted by atomic mass is 16.8. The van der Waals surface area contributed by atoms with Crippen molar-refractivity contribution < 1.29 is 64.2 Å². The Morgan fingerprint density at radius 3 is 2.31 bits per heavy atom. The number of rotatable bonds is 5. The van der Waals surface area contributed by atoms with Gasteiger partial charge in [-0.15, -0.1) is 0 Å². The van der Waals surface area contributed by atoms with Gasteiger partial charge in [-0.25, -0.2) is 0 Å². The van der Waals surface area contributed by atoms with E-state index in [0.717, 1.165) is 45.1 Å². The maximum Gasteiger partial charge on any atom is 0.187 e. The molecule has 8 rings (SSSR count). The highest BCUT2D eigenvalue weighted by Crippen LogP contribution is 2.72. The summed E-state index contributed by atoms with van der Waals surface area (Å²) in [5, 5.41) is 75.8. The molecule has 4 saturated heterocycles. The predicted octanol–water partition coefficient (Wildman–Crippen LogP) is 1.50. The first-order chi connectivity index (χ1) is 24.6. The lowest BCUT2D eigenvalue weighted by atomic mass is 9.45. The standard InChI is InChI=1S/C39H62O13/c1-18-8-13-39(47-17-18)19(2)27-25(52-39)15-38(46)24-7-6-21-14-22(9-11-36(21,4)23(24)10-12-37(27,38)5)49-35-33(31(44)29(42)26(16-40)50-35)51-34-32(45)30(43)28(41)20(3)48-34/h6,18-20,22-35,40-46H,7-17H2,1-5H3/t18-,19+,20+,22+,23+,24-,25+,26-,27+,28+,29-,30-,31+,32-,33-,34+,35-,36+,37-,38-,39-/m1/s1. The molecule has 21 atom stereocenters. The van der Waals surface area contributed by atoms with Crippen molar-refractivity contribution >= 4 is 0 Å². The van der Waals surface area contributed by atoms with Crippen molar-refractivity contribution in [3.8, 4) is 0 Å². The molecule has 13 nitrogen and oxygen atoms in total. The SMILES string of the molecule is C[C@@H]1CC[C@@]2(OC1)O[C@H]1C[C@@]3(O)[C@@H]4CC=C5C[C@@H](O[C@@H]6O[C@H](CO)[C@@H](O)[C@H](O)[C@H]6O[C@@H]6O[C@@H](C)[C@H](O)[C@@H](O)[C@H]6O)CC[C@]5(C)[C@H]4CC[C@]3(C)[C@H]1[C@@H]2C. The summed E-state index contributed by atoms with van der Waals surface area (Å²) < 4.78 is 37.4. The van der Waals surface area contributed by atoms with Crippen LogP contribution < -0.4 is 0 Å². The minimum absolute atomic E-state index is 0.0154. The Morgan fingerprint density at radius 1 is 0.827 bits per heavy atom. The number of aliphatic hydroxyl groups is 7. The van der Waals surface area contributed by atoms with Gasteiger partial charge in [-0.05, 0) is 75.0 Å². The van der Waals surface area contributed by atoms with Crippen LogP contribution in [0, 0.1) is 40.4 Å². The van der Waals surface area contributed by atoms with Gasteiger partial charge >= 0.3 is 0 Å². The van der Waals surface area contributed by atoms with Crippen LogP contribution in [0.2, 0.25) is 0 Å². The number of allylic oxidation sites excluding steroid dienone is 1. The Labute approximate surface area is 306 Å². The van der Waals surface area contributed by atoms with Crippen LogP contribution in [0.4, 0.5) is 0 Å². The van der Waals surface area contributed by atoms with Gasteiger partial charge in [0.2, 0.25) is 0 Å². The summed E-state index contributed by atoms with van der Waals surface area (Å²) in [6, 6.07) is 0. The van der Waals surface area contributed by atoms with Crippen molar-refractivity contribution in [2.75, 3.05) is 13.2 Å². The van der Waals surface area contributed by atoms with Crippen molar-refractivity contribution in [3.05, 3.63) is 11.6 Å². The Bertz CT molecular complexity index is 1350. The molecule has 3 saturated carbocycles. The van der Waals surface area contributed by atoms with Gasteiger partial charge in [0.15, 0.2) is 18.4 Å². The first-order valence-electron chi connectivity index (χ1n) is 19.9. The summed E-state index contributed by atoms with van der Waals surface area (Å²) >= 11 is 0. The minimum atomic E-state index is -1.63. The highest BCUT2D eigenvalue weighted by molar-refractivity contribution is 5.29.